The van der Waals surface area contributed by atoms with E-state index in [1.807, 2.05) is 35.2 Å². The molecule has 0 spiro atoms. The SMILES string of the molecule is O=C(NCCN1CCCCC1)C1CCN(C(=O)CCOc2ccccc2)CC1. The van der Waals surface area contributed by atoms with E-state index in [0.29, 0.717) is 26.1 Å². The van der Waals surface area contributed by atoms with Gasteiger partial charge in [-0.2, -0.15) is 0 Å². The molecule has 2 amide bonds. The summed E-state index contributed by atoms with van der Waals surface area (Å²) in [6.45, 7) is 5.70. The molecule has 2 heterocycles. The van der Waals surface area contributed by atoms with Crippen LogP contribution in [0.5, 0.6) is 5.75 Å². The zero-order chi connectivity index (χ0) is 19.6. The first-order valence-corrected chi connectivity index (χ1v) is 10.7. The van der Waals surface area contributed by atoms with Crippen molar-refractivity contribution in [3.63, 3.8) is 0 Å². The maximum atomic E-state index is 12.4. The molecule has 1 aromatic rings. The van der Waals surface area contributed by atoms with Gasteiger partial charge in [-0.1, -0.05) is 24.6 Å². The lowest BCUT2D eigenvalue weighted by Gasteiger charge is -2.32. The van der Waals surface area contributed by atoms with Gasteiger partial charge in [0.25, 0.3) is 0 Å². The first kappa shape index (κ1) is 20.6. The molecule has 0 bridgehead atoms. The van der Waals surface area contributed by atoms with Crippen LogP contribution in [0.15, 0.2) is 30.3 Å². The number of para-hydroxylation sites is 1. The lowest BCUT2D eigenvalue weighted by molar-refractivity contribution is -0.136. The Bertz CT molecular complexity index is 609. The summed E-state index contributed by atoms with van der Waals surface area (Å²) >= 11 is 0. The highest BCUT2D eigenvalue weighted by atomic mass is 16.5. The Balaban J connectivity index is 1.28. The van der Waals surface area contributed by atoms with Crippen molar-refractivity contribution in [1.29, 1.82) is 0 Å². The van der Waals surface area contributed by atoms with Crippen LogP contribution < -0.4 is 10.1 Å². The summed E-state index contributed by atoms with van der Waals surface area (Å²) in [6.07, 6.45) is 5.76. The predicted octanol–water partition coefficient (Wildman–Crippen LogP) is 2.30. The molecule has 3 rings (SSSR count). The summed E-state index contributed by atoms with van der Waals surface area (Å²) < 4.78 is 5.61. The molecule has 0 saturated carbocycles. The van der Waals surface area contributed by atoms with Crippen LogP contribution in [0.3, 0.4) is 0 Å². The average molecular weight is 388 g/mol. The first-order chi connectivity index (χ1) is 13.7. The molecule has 0 radical (unpaired) electrons. The third-order valence-corrected chi connectivity index (χ3v) is 5.72. The van der Waals surface area contributed by atoms with Crippen molar-refractivity contribution >= 4 is 11.8 Å². The van der Waals surface area contributed by atoms with E-state index >= 15 is 0 Å². The maximum absolute atomic E-state index is 12.4. The number of ether oxygens (including phenoxy) is 1. The maximum Gasteiger partial charge on any atom is 0.225 e. The summed E-state index contributed by atoms with van der Waals surface area (Å²) in [7, 11) is 0. The van der Waals surface area contributed by atoms with Crippen LogP contribution in [0.25, 0.3) is 0 Å². The molecule has 0 aliphatic carbocycles. The van der Waals surface area contributed by atoms with Gasteiger partial charge in [-0.3, -0.25) is 9.59 Å². The molecule has 6 nitrogen and oxygen atoms in total. The van der Waals surface area contributed by atoms with E-state index in [0.717, 1.165) is 44.8 Å². The monoisotopic (exact) mass is 387 g/mol. The topological polar surface area (TPSA) is 61.9 Å². The summed E-state index contributed by atoms with van der Waals surface area (Å²) in [5.74, 6) is 1.08. The quantitative estimate of drug-likeness (QED) is 0.744. The fourth-order valence-corrected chi connectivity index (χ4v) is 3.99. The molecule has 6 heteroatoms. The molecule has 28 heavy (non-hydrogen) atoms. The third kappa shape index (κ3) is 6.51. The number of hydrogen-bond donors (Lipinski definition) is 1. The van der Waals surface area contributed by atoms with Crippen LogP contribution in [0, 0.1) is 5.92 Å². The fourth-order valence-electron chi connectivity index (χ4n) is 3.99. The summed E-state index contributed by atoms with van der Waals surface area (Å²) in [4.78, 5) is 29.0. The average Bonchev–Trinajstić information content (AvgIpc) is 2.75. The first-order valence-electron chi connectivity index (χ1n) is 10.7. The molecule has 1 aromatic carbocycles. The molecule has 0 aromatic heterocycles. The zero-order valence-corrected chi connectivity index (χ0v) is 16.8. The van der Waals surface area contributed by atoms with Gasteiger partial charge in [0.05, 0.1) is 13.0 Å². The smallest absolute Gasteiger partial charge is 0.225 e. The van der Waals surface area contributed by atoms with Crippen molar-refractivity contribution in [2.24, 2.45) is 5.92 Å². The van der Waals surface area contributed by atoms with Crippen LogP contribution in [-0.2, 0) is 9.59 Å². The number of hydrogen-bond acceptors (Lipinski definition) is 4. The Kier molecular flexibility index (Phi) is 8.15. The molecule has 0 unspecified atom stereocenters. The molecular weight excluding hydrogens is 354 g/mol. The Morgan fingerprint density at radius 2 is 1.71 bits per heavy atom. The summed E-state index contributed by atoms with van der Waals surface area (Å²) in [6, 6.07) is 9.55. The van der Waals surface area contributed by atoms with Crippen molar-refractivity contribution < 1.29 is 14.3 Å². The lowest BCUT2D eigenvalue weighted by Crippen LogP contribution is -2.44. The van der Waals surface area contributed by atoms with E-state index in [1.54, 1.807) is 0 Å². The van der Waals surface area contributed by atoms with Crippen LogP contribution >= 0.6 is 0 Å². The van der Waals surface area contributed by atoms with Crippen LogP contribution in [0.2, 0.25) is 0 Å². The minimum Gasteiger partial charge on any atom is -0.493 e. The Morgan fingerprint density at radius 3 is 2.43 bits per heavy atom. The van der Waals surface area contributed by atoms with E-state index in [-0.39, 0.29) is 17.7 Å². The number of carbonyl (C=O) groups is 2. The van der Waals surface area contributed by atoms with Gasteiger partial charge < -0.3 is 19.9 Å². The number of piperidine rings is 2. The van der Waals surface area contributed by atoms with E-state index in [9.17, 15) is 9.59 Å². The molecule has 2 fully saturated rings. The van der Waals surface area contributed by atoms with E-state index < -0.39 is 0 Å². The molecule has 1 N–H and O–H groups in total. The molecule has 0 atom stereocenters. The molecule has 154 valence electrons. The molecule has 2 aliphatic heterocycles. The van der Waals surface area contributed by atoms with Crippen molar-refractivity contribution in [3.05, 3.63) is 30.3 Å². The van der Waals surface area contributed by atoms with Gasteiger partial charge in [-0.15, -0.1) is 0 Å². The predicted molar refractivity (Wildman–Crippen MR) is 109 cm³/mol. The molecule has 2 aliphatic rings. The minimum absolute atomic E-state index is 0.0333. The van der Waals surface area contributed by atoms with Crippen LogP contribution in [0.1, 0.15) is 38.5 Å². The second-order valence-electron chi connectivity index (χ2n) is 7.76. The van der Waals surface area contributed by atoms with Gasteiger partial charge in [-0.25, -0.2) is 0 Å². The number of likely N-dealkylation sites (tertiary alicyclic amines) is 2. The third-order valence-electron chi connectivity index (χ3n) is 5.72. The molecular formula is C22H33N3O3. The van der Waals surface area contributed by atoms with Crippen molar-refractivity contribution in [2.45, 2.75) is 38.5 Å². The van der Waals surface area contributed by atoms with Gasteiger partial charge >= 0.3 is 0 Å². The van der Waals surface area contributed by atoms with E-state index in [1.165, 1.54) is 19.3 Å². The highest BCUT2D eigenvalue weighted by molar-refractivity contribution is 5.80. The lowest BCUT2D eigenvalue weighted by atomic mass is 9.95. The Hall–Kier alpha value is -2.08. The standard InChI is InChI=1S/C22H33N3O3/c26-21(11-18-28-20-7-3-1-4-8-20)25-15-9-19(10-16-25)22(27)23-12-17-24-13-5-2-6-14-24/h1,3-4,7-8,19H,2,5-6,9-18H2,(H,23,27). The number of benzene rings is 1. The largest absolute Gasteiger partial charge is 0.493 e. The minimum atomic E-state index is 0.0333. The number of amides is 2. The normalized spacial score (nSPS) is 18.6. The number of nitrogens with one attached hydrogen (secondary N) is 1. The molecule has 2 saturated heterocycles. The van der Waals surface area contributed by atoms with Gasteiger partial charge in [0.1, 0.15) is 5.75 Å². The van der Waals surface area contributed by atoms with E-state index in [4.69, 9.17) is 4.74 Å². The van der Waals surface area contributed by atoms with Crippen LogP contribution in [-0.4, -0.2) is 67.5 Å². The summed E-state index contributed by atoms with van der Waals surface area (Å²) in [5.41, 5.74) is 0. The van der Waals surface area contributed by atoms with Crippen LogP contribution in [0.4, 0.5) is 0 Å². The second-order valence-corrected chi connectivity index (χ2v) is 7.76. The van der Waals surface area contributed by atoms with Gasteiger partial charge in [-0.05, 0) is 50.9 Å². The van der Waals surface area contributed by atoms with Crippen molar-refractivity contribution in [3.8, 4) is 5.75 Å². The highest BCUT2D eigenvalue weighted by Crippen LogP contribution is 2.18. The van der Waals surface area contributed by atoms with Crippen molar-refractivity contribution in [1.82, 2.24) is 15.1 Å². The number of carbonyl (C=O) groups excluding carboxylic acids is 2. The van der Waals surface area contributed by atoms with Gasteiger partial charge in [0.15, 0.2) is 0 Å². The fraction of sp³-hybridized carbons (Fsp3) is 0.636. The Morgan fingerprint density at radius 1 is 1.00 bits per heavy atom. The van der Waals surface area contributed by atoms with E-state index in [2.05, 4.69) is 10.2 Å². The van der Waals surface area contributed by atoms with Crippen molar-refractivity contribution in [2.75, 3.05) is 45.9 Å². The highest BCUT2D eigenvalue weighted by Gasteiger charge is 2.27. The van der Waals surface area contributed by atoms with Gasteiger partial charge in [0, 0.05) is 32.1 Å². The number of nitrogens with zero attached hydrogens (tertiary/aromatic N) is 2. The van der Waals surface area contributed by atoms with Gasteiger partial charge in [0.2, 0.25) is 11.8 Å². The number of rotatable bonds is 8. The zero-order valence-electron chi connectivity index (χ0n) is 16.8. The Labute approximate surface area is 168 Å². The summed E-state index contributed by atoms with van der Waals surface area (Å²) in [5, 5.41) is 3.09. The second kappa shape index (κ2) is 11.1.